The van der Waals surface area contributed by atoms with Gasteiger partial charge < -0.3 is 5.32 Å². The summed E-state index contributed by atoms with van der Waals surface area (Å²) >= 11 is 5.19. The van der Waals surface area contributed by atoms with Gasteiger partial charge in [-0.25, -0.2) is 0 Å². The van der Waals surface area contributed by atoms with Gasteiger partial charge in [0, 0.05) is 16.6 Å². The number of benzene rings is 1. The predicted molar refractivity (Wildman–Crippen MR) is 99.0 cm³/mol. The minimum atomic E-state index is -0.600. The molecule has 1 aliphatic carbocycles. The fourth-order valence-electron chi connectivity index (χ4n) is 3.58. The van der Waals surface area contributed by atoms with Gasteiger partial charge in [0.25, 0.3) is 0 Å². The number of guanidine groups is 1. The molecule has 122 valence electrons. The van der Waals surface area contributed by atoms with Gasteiger partial charge in [0.1, 0.15) is 5.41 Å². The number of nitrogens with zero attached hydrogens (tertiary/aromatic N) is 1. The molecular formula is C17H20BrN3OS. The Balaban J connectivity index is 2.06. The van der Waals surface area contributed by atoms with Crippen LogP contribution < -0.4 is 5.32 Å². The highest BCUT2D eigenvalue weighted by Gasteiger charge is 2.64. The minimum Gasteiger partial charge on any atom is -0.349 e. The largest absolute Gasteiger partial charge is 0.349 e. The van der Waals surface area contributed by atoms with Crippen molar-refractivity contribution in [1.82, 2.24) is 10.2 Å². The Labute approximate surface area is 149 Å². The van der Waals surface area contributed by atoms with E-state index in [-0.39, 0.29) is 11.9 Å². The fourth-order valence-corrected chi connectivity index (χ4v) is 4.83. The quantitative estimate of drug-likeness (QED) is 0.828. The lowest BCUT2D eigenvalue weighted by atomic mass is 9.53. The summed E-state index contributed by atoms with van der Waals surface area (Å²) in [5, 5.41) is 11.4. The maximum Gasteiger partial charge on any atom is 0.242 e. The van der Waals surface area contributed by atoms with E-state index in [9.17, 15) is 4.79 Å². The third-order valence-corrected chi connectivity index (χ3v) is 7.38. The molecule has 0 radical (unpaired) electrons. The van der Waals surface area contributed by atoms with E-state index in [0.717, 1.165) is 15.8 Å². The van der Waals surface area contributed by atoms with Gasteiger partial charge in [-0.3, -0.25) is 15.1 Å². The summed E-state index contributed by atoms with van der Waals surface area (Å²) in [6.07, 6.45) is 2.72. The minimum absolute atomic E-state index is 0.0136. The van der Waals surface area contributed by atoms with Crippen LogP contribution in [-0.2, 0) is 16.6 Å². The van der Waals surface area contributed by atoms with Gasteiger partial charge in [0.05, 0.1) is 5.54 Å². The third-order valence-electron chi connectivity index (χ3n) is 5.00. The second-order valence-corrected chi connectivity index (χ2v) is 8.69. The van der Waals surface area contributed by atoms with Crippen LogP contribution in [-0.4, -0.2) is 35.1 Å². The SMILES string of the molecule is C/C=C(/Br)SC[C@@]1(C)NC(=N)N(C)C(=O)C12Cc1ccccc12. The van der Waals surface area contributed by atoms with Crippen LogP contribution in [0.3, 0.4) is 0 Å². The van der Waals surface area contributed by atoms with E-state index in [2.05, 4.69) is 40.3 Å². The predicted octanol–water partition coefficient (Wildman–Crippen LogP) is 3.22. The highest BCUT2D eigenvalue weighted by Crippen LogP contribution is 2.52. The first-order valence-electron chi connectivity index (χ1n) is 7.53. The van der Waals surface area contributed by atoms with Crippen LogP contribution in [0.15, 0.2) is 34.2 Å². The molecule has 0 bridgehead atoms. The van der Waals surface area contributed by atoms with Gasteiger partial charge in [0.2, 0.25) is 5.91 Å². The molecule has 1 aromatic rings. The third kappa shape index (κ3) is 2.26. The van der Waals surface area contributed by atoms with Gasteiger partial charge in [0.15, 0.2) is 5.96 Å². The normalized spacial score (nSPS) is 30.1. The average molecular weight is 394 g/mol. The number of fused-ring (bicyclic) bond motifs is 2. The van der Waals surface area contributed by atoms with Gasteiger partial charge in [-0.05, 0) is 47.3 Å². The number of amides is 1. The molecule has 1 unspecified atom stereocenters. The number of thioether (sulfide) groups is 1. The Morgan fingerprint density at radius 2 is 2.22 bits per heavy atom. The van der Waals surface area contributed by atoms with Crippen molar-refractivity contribution in [2.75, 3.05) is 12.8 Å². The van der Waals surface area contributed by atoms with Crippen molar-refractivity contribution >= 4 is 39.6 Å². The van der Waals surface area contributed by atoms with Crippen molar-refractivity contribution in [1.29, 1.82) is 5.41 Å². The summed E-state index contributed by atoms with van der Waals surface area (Å²) in [4.78, 5) is 14.6. The molecule has 23 heavy (non-hydrogen) atoms. The number of hydrogen-bond acceptors (Lipinski definition) is 3. The van der Waals surface area contributed by atoms with Crippen LogP contribution in [0.25, 0.3) is 0 Å². The van der Waals surface area contributed by atoms with Crippen molar-refractivity contribution in [3.63, 3.8) is 0 Å². The van der Waals surface area contributed by atoms with E-state index in [1.807, 2.05) is 25.1 Å². The zero-order valence-electron chi connectivity index (χ0n) is 13.4. The van der Waals surface area contributed by atoms with Crippen molar-refractivity contribution in [3.8, 4) is 0 Å². The number of halogens is 1. The molecule has 3 rings (SSSR count). The summed E-state index contributed by atoms with van der Waals surface area (Å²) in [7, 11) is 1.68. The van der Waals surface area contributed by atoms with E-state index in [1.165, 1.54) is 10.5 Å². The Kier molecular flexibility index (Phi) is 4.09. The van der Waals surface area contributed by atoms with E-state index < -0.39 is 11.0 Å². The zero-order chi connectivity index (χ0) is 16.8. The van der Waals surface area contributed by atoms with Crippen LogP contribution >= 0.6 is 27.7 Å². The smallest absolute Gasteiger partial charge is 0.242 e. The highest BCUT2D eigenvalue weighted by atomic mass is 79.9. The standard InChI is InChI=1S/C17H20BrN3OS/c1-4-13(18)23-10-16(2)17(14(22)21(3)15(19)20-16)9-11-7-5-6-8-12(11)17/h4-8H,9-10H2,1-3H3,(H2,19,20)/b13-4-/t16-,17?/m1/s1. The lowest BCUT2D eigenvalue weighted by Crippen LogP contribution is -2.77. The van der Waals surface area contributed by atoms with Crippen molar-refractivity contribution < 1.29 is 4.79 Å². The first-order valence-corrected chi connectivity index (χ1v) is 9.31. The topological polar surface area (TPSA) is 56.2 Å². The number of carbonyl (C=O) groups is 1. The second-order valence-electron chi connectivity index (χ2n) is 6.29. The molecule has 1 aliphatic heterocycles. The van der Waals surface area contributed by atoms with Gasteiger partial charge in [-0.1, -0.05) is 30.3 Å². The molecule has 1 aromatic carbocycles. The molecular weight excluding hydrogens is 374 g/mol. The number of carbonyl (C=O) groups excluding carboxylic acids is 1. The van der Waals surface area contributed by atoms with E-state index in [1.54, 1.807) is 18.8 Å². The monoisotopic (exact) mass is 393 g/mol. The summed E-state index contributed by atoms with van der Waals surface area (Å²) in [6.45, 7) is 4.04. The highest BCUT2D eigenvalue weighted by molar-refractivity contribution is 9.14. The number of hydrogen-bond donors (Lipinski definition) is 2. The molecule has 2 N–H and O–H groups in total. The van der Waals surface area contributed by atoms with Gasteiger partial charge >= 0.3 is 0 Å². The lowest BCUT2D eigenvalue weighted by molar-refractivity contribution is -0.138. The molecule has 1 saturated heterocycles. The number of allylic oxidation sites excluding steroid dienone is 1. The molecule has 1 spiro atoms. The Morgan fingerprint density at radius 1 is 1.52 bits per heavy atom. The van der Waals surface area contributed by atoms with Crippen LogP contribution in [0.4, 0.5) is 0 Å². The number of likely N-dealkylation sites (N-methyl/N-ethyl adjacent to an activating group) is 1. The Hall–Kier alpha value is -1.27. The van der Waals surface area contributed by atoms with Crippen molar-refractivity contribution in [2.24, 2.45) is 0 Å². The van der Waals surface area contributed by atoms with Gasteiger partial charge in [-0.2, -0.15) is 0 Å². The maximum atomic E-state index is 13.1. The summed E-state index contributed by atoms with van der Waals surface area (Å²) < 4.78 is 1.04. The van der Waals surface area contributed by atoms with E-state index in [0.29, 0.717) is 5.75 Å². The maximum absolute atomic E-state index is 13.1. The van der Waals surface area contributed by atoms with Crippen molar-refractivity contribution in [2.45, 2.75) is 31.2 Å². The molecule has 2 atom stereocenters. The second kappa shape index (κ2) is 5.67. The number of nitrogens with one attached hydrogen (secondary N) is 2. The molecule has 2 aliphatic rings. The average Bonchev–Trinajstić information content (AvgIpc) is 2.51. The summed E-state index contributed by atoms with van der Waals surface area (Å²) in [5.41, 5.74) is 1.22. The fraction of sp³-hybridized carbons (Fsp3) is 0.412. The van der Waals surface area contributed by atoms with Crippen LogP contribution in [0.2, 0.25) is 0 Å². The lowest BCUT2D eigenvalue weighted by Gasteiger charge is -2.58. The van der Waals surface area contributed by atoms with Crippen LogP contribution in [0.1, 0.15) is 25.0 Å². The zero-order valence-corrected chi connectivity index (χ0v) is 15.8. The first-order chi connectivity index (χ1) is 10.9. The molecule has 0 saturated carbocycles. The molecule has 1 fully saturated rings. The van der Waals surface area contributed by atoms with Crippen LogP contribution in [0.5, 0.6) is 0 Å². The summed E-state index contributed by atoms with van der Waals surface area (Å²) in [6, 6.07) is 8.14. The molecule has 1 heterocycles. The summed E-state index contributed by atoms with van der Waals surface area (Å²) in [5.74, 6) is 0.887. The molecule has 1 amide bonds. The molecule has 0 aromatic heterocycles. The molecule has 6 heteroatoms. The van der Waals surface area contributed by atoms with Gasteiger partial charge in [-0.15, -0.1) is 11.8 Å². The number of rotatable bonds is 3. The Morgan fingerprint density at radius 3 is 2.87 bits per heavy atom. The van der Waals surface area contributed by atoms with E-state index in [4.69, 9.17) is 5.41 Å². The van der Waals surface area contributed by atoms with E-state index >= 15 is 0 Å². The first kappa shape index (κ1) is 16.6. The van der Waals surface area contributed by atoms with Crippen LogP contribution in [0, 0.1) is 5.41 Å². The van der Waals surface area contributed by atoms with Crippen molar-refractivity contribution in [3.05, 3.63) is 45.3 Å². The molecule has 4 nitrogen and oxygen atoms in total. The Bertz CT molecular complexity index is 720.